The molecular formula is C15H29N3O. The quantitative estimate of drug-likeness (QED) is 0.808. The number of nitrogens with zero attached hydrogens (tertiary/aromatic N) is 1. The number of amides is 1. The van der Waals surface area contributed by atoms with Crippen molar-refractivity contribution in [3.63, 3.8) is 0 Å². The third-order valence-corrected chi connectivity index (χ3v) is 4.76. The van der Waals surface area contributed by atoms with Crippen molar-refractivity contribution in [2.45, 2.75) is 51.5 Å². The van der Waals surface area contributed by atoms with Crippen LogP contribution in [0.15, 0.2) is 0 Å². The van der Waals surface area contributed by atoms with Crippen LogP contribution in [0, 0.1) is 11.8 Å². The normalized spacial score (nSPS) is 30.2. The second-order valence-electron chi connectivity index (χ2n) is 6.37. The second kappa shape index (κ2) is 7.25. The molecule has 0 aromatic heterocycles. The fraction of sp³-hybridized carbons (Fsp3) is 0.933. The molecule has 0 bridgehead atoms. The Morgan fingerprint density at radius 1 is 1.21 bits per heavy atom. The predicted octanol–water partition coefficient (Wildman–Crippen LogP) is 1.35. The van der Waals surface area contributed by atoms with Crippen LogP contribution in [-0.2, 0) is 4.79 Å². The first kappa shape index (κ1) is 14.8. The Morgan fingerprint density at radius 3 is 2.58 bits per heavy atom. The number of likely N-dealkylation sites (tertiary alicyclic amines) is 1. The van der Waals surface area contributed by atoms with E-state index >= 15 is 0 Å². The van der Waals surface area contributed by atoms with Gasteiger partial charge >= 0.3 is 0 Å². The maximum Gasteiger partial charge on any atom is 0.224 e. The van der Waals surface area contributed by atoms with E-state index in [1.165, 1.54) is 32.4 Å². The van der Waals surface area contributed by atoms with Gasteiger partial charge in [-0.2, -0.15) is 0 Å². The SMILES string of the molecule is CC1CCN(CCNC(=O)C2CCCCC2N)CC1. The summed E-state index contributed by atoms with van der Waals surface area (Å²) in [5.41, 5.74) is 6.04. The summed E-state index contributed by atoms with van der Waals surface area (Å²) in [6.45, 7) is 6.44. The Labute approximate surface area is 117 Å². The lowest BCUT2D eigenvalue weighted by Gasteiger charge is -2.31. The van der Waals surface area contributed by atoms with Gasteiger partial charge in [-0.05, 0) is 44.7 Å². The number of nitrogens with two attached hydrogens (primary N) is 1. The van der Waals surface area contributed by atoms with Crippen molar-refractivity contribution in [3.8, 4) is 0 Å². The molecule has 1 aliphatic heterocycles. The van der Waals surface area contributed by atoms with E-state index in [9.17, 15) is 4.79 Å². The minimum absolute atomic E-state index is 0.0510. The summed E-state index contributed by atoms with van der Waals surface area (Å²) in [4.78, 5) is 14.6. The number of nitrogens with one attached hydrogen (secondary N) is 1. The zero-order valence-corrected chi connectivity index (χ0v) is 12.2. The summed E-state index contributed by atoms with van der Waals surface area (Å²) in [6.07, 6.45) is 6.88. The van der Waals surface area contributed by atoms with E-state index in [2.05, 4.69) is 17.1 Å². The Balaban J connectivity index is 1.63. The van der Waals surface area contributed by atoms with Crippen molar-refractivity contribution in [3.05, 3.63) is 0 Å². The molecule has 1 saturated heterocycles. The standard InChI is InChI=1S/C15H29N3O/c1-12-6-9-18(10-7-12)11-8-17-15(19)13-4-2-3-5-14(13)16/h12-14H,2-11,16H2,1H3,(H,17,19). The first-order valence-electron chi connectivity index (χ1n) is 7.92. The van der Waals surface area contributed by atoms with Crippen molar-refractivity contribution < 1.29 is 4.79 Å². The summed E-state index contributed by atoms with van der Waals surface area (Å²) >= 11 is 0. The smallest absolute Gasteiger partial charge is 0.224 e. The largest absolute Gasteiger partial charge is 0.355 e. The third kappa shape index (κ3) is 4.46. The molecule has 2 unspecified atom stereocenters. The van der Waals surface area contributed by atoms with Gasteiger partial charge in [0, 0.05) is 19.1 Å². The van der Waals surface area contributed by atoms with Crippen LogP contribution in [0.4, 0.5) is 0 Å². The fourth-order valence-electron chi connectivity index (χ4n) is 3.24. The van der Waals surface area contributed by atoms with E-state index in [4.69, 9.17) is 5.73 Å². The van der Waals surface area contributed by atoms with E-state index in [1.807, 2.05) is 0 Å². The highest BCUT2D eigenvalue weighted by Gasteiger charge is 2.27. The second-order valence-corrected chi connectivity index (χ2v) is 6.37. The van der Waals surface area contributed by atoms with Crippen molar-refractivity contribution in [1.29, 1.82) is 0 Å². The molecule has 2 aliphatic rings. The van der Waals surface area contributed by atoms with Crippen LogP contribution in [0.5, 0.6) is 0 Å². The molecule has 2 fully saturated rings. The van der Waals surface area contributed by atoms with Gasteiger partial charge in [0.1, 0.15) is 0 Å². The maximum atomic E-state index is 12.1. The summed E-state index contributed by atoms with van der Waals surface area (Å²) in [7, 11) is 0. The lowest BCUT2D eigenvalue weighted by atomic mass is 9.84. The van der Waals surface area contributed by atoms with Gasteiger partial charge in [-0.15, -0.1) is 0 Å². The Morgan fingerprint density at radius 2 is 1.89 bits per heavy atom. The molecule has 1 amide bonds. The van der Waals surface area contributed by atoms with E-state index < -0.39 is 0 Å². The van der Waals surface area contributed by atoms with Crippen molar-refractivity contribution in [1.82, 2.24) is 10.2 Å². The third-order valence-electron chi connectivity index (χ3n) is 4.76. The highest BCUT2D eigenvalue weighted by molar-refractivity contribution is 5.79. The average molecular weight is 267 g/mol. The van der Waals surface area contributed by atoms with Crippen LogP contribution in [0.1, 0.15) is 45.4 Å². The molecule has 1 aliphatic carbocycles. The Kier molecular flexibility index (Phi) is 5.64. The summed E-state index contributed by atoms with van der Waals surface area (Å²) in [5, 5.41) is 3.08. The lowest BCUT2D eigenvalue weighted by molar-refractivity contribution is -0.126. The molecule has 1 heterocycles. The molecule has 0 spiro atoms. The predicted molar refractivity (Wildman–Crippen MR) is 77.8 cm³/mol. The molecule has 110 valence electrons. The van der Waals surface area contributed by atoms with Crippen molar-refractivity contribution in [2.24, 2.45) is 17.6 Å². The first-order valence-corrected chi connectivity index (χ1v) is 7.92. The molecule has 4 nitrogen and oxygen atoms in total. The zero-order chi connectivity index (χ0) is 13.7. The number of carbonyl (C=O) groups is 1. The van der Waals surface area contributed by atoms with E-state index in [0.29, 0.717) is 0 Å². The van der Waals surface area contributed by atoms with Gasteiger partial charge in [0.05, 0.1) is 5.92 Å². The van der Waals surface area contributed by atoms with Gasteiger partial charge < -0.3 is 16.0 Å². The lowest BCUT2D eigenvalue weighted by Crippen LogP contribution is -2.46. The molecule has 2 atom stereocenters. The van der Waals surface area contributed by atoms with Crippen LogP contribution in [0.3, 0.4) is 0 Å². The number of piperidine rings is 1. The molecule has 0 aromatic carbocycles. The van der Waals surface area contributed by atoms with Crippen LogP contribution >= 0.6 is 0 Å². The van der Waals surface area contributed by atoms with Crippen molar-refractivity contribution >= 4 is 5.91 Å². The van der Waals surface area contributed by atoms with Gasteiger partial charge in [-0.1, -0.05) is 19.8 Å². The van der Waals surface area contributed by atoms with Gasteiger partial charge in [0.25, 0.3) is 0 Å². The fourth-order valence-corrected chi connectivity index (χ4v) is 3.24. The minimum Gasteiger partial charge on any atom is -0.355 e. The highest BCUT2D eigenvalue weighted by atomic mass is 16.1. The molecule has 2 rings (SSSR count). The highest BCUT2D eigenvalue weighted by Crippen LogP contribution is 2.22. The zero-order valence-electron chi connectivity index (χ0n) is 12.2. The number of carbonyl (C=O) groups excluding carboxylic acids is 1. The molecule has 0 radical (unpaired) electrons. The van der Waals surface area contributed by atoms with Gasteiger partial charge in [-0.3, -0.25) is 4.79 Å². The average Bonchev–Trinajstić information content (AvgIpc) is 2.41. The monoisotopic (exact) mass is 267 g/mol. The van der Waals surface area contributed by atoms with Gasteiger partial charge in [0.15, 0.2) is 0 Å². The molecule has 0 aromatic rings. The Hall–Kier alpha value is -0.610. The number of rotatable bonds is 4. The molecule has 4 heteroatoms. The van der Waals surface area contributed by atoms with E-state index in [-0.39, 0.29) is 17.9 Å². The van der Waals surface area contributed by atoms with E-state index in [1.54, 1.807) is 0 Å². The van der Waals surface area contributed by atoms with E-state index in [0.717, 1.165) is 38.3 Å². The Bertz CT molecular complexity index is 287. The molecular weight excluding hydrogens is 238 g/mol. The maximum absolute atomic E-state index is 12.1. The molecule has 3 N–H and O–H groups in total. The van der Waals surface area contributed by atoms with Gasteiger partial charge in [0.2, 0.25) is 5.91 Å². The van der Waals surface area contributed by atoms with Crippen LogP contribution < -0.4 is 11.1 Å². The van der Waals surface area contributed by atoms with Crippen LogP contribution in [0.25, 0.3) is 0 Å². The summed E-state index contributed by atoms with van der Waals surface area (Å²) in [6, 6.07) is 0.0737. The summed E-state index contributed by atoms with van der Waals surface area (Å²) < 4.78 is 0. The van der Waals surface area contributed by atoms with Crippen LogP contribution in [-0.4, -0.2) is 43.0 Å². The minimum atomic E-state index is 0.0510. The summed E-state index contributed by atoms with van der Waals surface area (Å²) in [5.74, 6) is 1.10. The number of hydrogen-bond donors (Lipinski definition) is 2. The molecule has 19 heavy (non-hydrogen) atoms. The van der Waals surface area contributed by atoms with Crippen LogP contribution in [0.2, 0.25) is 0 Å². The van der Waals surface area contributed by atoms with Crippen molar-refractivity contribution in [2.75, 3.05) is 26.2 Å². The first-order chi connectivity index (χ1) is 9.16. The topological polar surface area (TPSA) is 58.4 Å². The van der Waals surface area contributed by atoms with Gasteiger partial charge in [-0.25, -0.2) is 0 Å². The number of hydrogen-bond acceptors (Lipinski definition) is 3. The molecule has 1 saturated carbocycles.